The molecule has 0 saturated heterocycles. The second kappa shape index (κ2) is 2.59. The molecule has 1 heterocycles. The van der Waals surface area contributed by atoms with Gasteiger partial charge in [-0.05, 0) is 30.5 Å². The van der Waals surface area contributed by atoms with Crippen LogP contribution in [-0.4, -0.2) is 10.1 Å². The number of aliphatic hydroxyl groups is 1. The van der Waals surface area contributed by atoms with E-state index in [0.29, 0.717) is 10.3 Å². The van der Waals surface area contributed by atoms with Crippen molar-refractivity contribution in [3.8, 4) is 0 Å². The molecule has 0 aliphatic heterocycles. The van der Waals surface area contributed by atoms with Crippen molar-refractivity contribution in [3.05, 3.63) is 28.0 Å². The Balaban J connectivity index is 2.44. The molecule has 0 atom stereocenters. The minimum Gasteiger partial charge on any atom is -0.385 e. The molecular formula is C8H7Cl2NO. The molecule has 1 aliphatic carbocycles. The molecule has 0 bridgehead atoms. The minimum absolute atomic E-state index is 0.331. The van der Waals surface area contributed by atoms with Crippen LogP contribution in [0.2, 0.25) is 10.3 Å². The van der Waals surface area contributed by atoms with Crippen LogP contribution in [0.25, 0.3) is 0 Å². The Kier molecular flexibility index (Phi) is 1.79. The van der Waals surface area contributed by atoms with Gasteiger partial charge in [0.05, 0.1) is 5.60 Å². The molecule has 0 radical (unpaired) electrons. The summed E-state index contributed by atoms with van der Waals surface area (Å²) in [6.45, 7) is 0. The van der Waals surface area contributed by atoms with Crippen molar-refractivity contribution >= 4 is 23.2 Å². The summed E-state index contributed by atoms with van der Waals surface area (Å²) in [5.74, 6) is 0. The van der Waals surface area contributed by atoms with Gasteiger partial charge in [0.2, 0.25) is 0 Å². The van der Waals surface area contributed by atoms with Crippen LogP contribution >= 0.6 is 23.2 Å². The van der Waals surface area contributed by atoms with Gasteiger partial charge in [-0.25, -0.2) is 4.98 Å². The van der Waals surface area contributed by atoms with Crippen LogP contribution in [0.5, 0.6) is 0 Å². The summed E-state index contributed by atoms with van der Waals surface area (Å²) in [7, 11) is 0. The lowest BCUT2D eigenvalue weighted by Crippen LogP contribution is -2.04. The highest BCUT2D eigenvalue weighted by molar-refractivity contribution is 6.32. The zero-order valence-corrected chi connectivity index (χ0v) is 7.73. The van der Waals surface area contributed by atoms with Crippen molar-refractivity contribution in [2.24, 2.45) is 0 Å². The molecule has 2 rings (SSSR count). The SMILES string of the molecule is OC1(c2cc(Cl)nc(Cl)c2)CC1. The number of nitrogens with zero attached hydrogens (tertiary/aromatic N) is 1. The third kappa shape index (κ3) is 1.42. The normalized spacial score (nSPS) is 19.2. The molecule has 0 amide bonds. The van der Waals surface area contributed by atoms with E-state index in [2.05, 4.69) is 4.98 Å². The van der Waals surface area contributed by atoms with E-state index in [-0.39, 0.29) is 0 Å². The van der Waals surface area contributed by atoms with Gasteiger partial charge in [0.15, 0.2) is 0 Å². The van der Waals surface area contributed by atoms with E-state index in [1.165, 1.54) is 0 Å². The zero-order chi connectivity index (χ0) is 8.77. The summed E-state index contributed by atoms with van der Waals surface area (Å²) < 4.78 is 0. The van der Waals surface area contributed by atoms with Gasteiger partial charge in [-0.2, -0.15) is 0 Å². The molecule has 2 nitrogen and oxygen atoms in total. The highest BCUT2D eigenvalue weighted by Crippen LogP contribution is 2.45. The highest BCUT2D eigenvalue weighted by Gasteiger charge is 2.42. The first kappa shape index (κ1) is 8.30. The molecule has 0 aromatic carbocycles. The average Bonchev–Trinajstić information content (AvgIpc) is 2.67. The van der Waals surface area contributed by atoms with Gasteiger partial charge in [-0.3, -0.25) is 0 Å². The molecular weight excluding hydrogens is 197 g/mol. The maximum atomic E-state index is 9.70. The third-order valence-corrected chi connectivity index (χ3v) is 2.41. The molecule has 1 aliphatic rings. The van der Waals surface area contributed by atoms with Crippen LogP contribution in [0, 0.1) is 0 Å². The standard InChI is InChI=1S/C8H7Cl2NO/c9-6-3-5(4-7(10)11-6)8(12)1-2-8/h3-4,12H,1-2H2. The first-order valence-electron chi connectivity index (χ1n) is 3.66. The second-order valence-electron chi connectivity index (χ2n) is 3.03. The predicted molar refractivity (Wildman–Crippen MR) is 47.4 cm³/mol. The molecule has 1 saturated carbocycles. The predicted octanol–water partition coefficient (Wildman–Crippen LogP) is 2.37. The van der Waals surface area contributed by atoms with Crippen LogP contribution < -0.4 is 0 Å². The maximum absolute atomic E-state index is 9.70. The number of hydrogen-bond donors (Lipinski definition) is 1. The number of aromatic nitrogens is 1. The van der Waals surface area contributed by atoms with Crippen molar-refractivity contribution in [1.82, 2.24) is 4.98 Å². The van der Waals surface area contributed by atoms with Gasteiger partial charge >= 0.3 is 0 Å². The fraction of sp³-hybridized carbons (Fsp3) is 0.375. The average molecular weight is 204 g/mol. The summed E-state index contributed by atoms with van der Waals surface area (Å²) >= 11 is 11.4. The topological polar surface area (TPSA) is 33.1 Å². The molecule has 4 heteroatoms. The summed E-state index contributed by atoms with van der Waals surface area (Å²) in [5, 5.41) is 10.4. The Morgan fingerprint density at radius 2 is 1.75 bits per heavy atom. The van der Waals surface area contributed by atoms with Crippen molar-refractivity contribution in [2.45, 2.75) is 18.4 Å². The summed E-state index contributed by atoms with van der Waals surface area (Å²) in [5.41, 5.74) is 0.0865. The molecule has 0 unspecified atom stereocenters. The smallest absolute Gasteiger partial charge is 0.131 e. The van der Waals surface area contributed by atoms with E-state index in [4.69, 9.17) is 23.2 Å². The summed E-state index contributed by atoms with van der Waals surface area (Å²) in [6, 6.07) is 3.31. The largest absolute Gasteiger partial charge is 0.385 e. The molecule has 1 aromatic rings. The monoisotopic (exact) mass is 203 g/mol. The van der Waals surface area contributed by atoms with E-state index in [1.807, 2.05) is 0 Å². The highest BCUT2D eigenvalue weighted by atomic mass is 35.5. The van der Waals surface area contributed by atoms with E-state index in [0.717, 1.165) is 18.4 Å². The Morgan fingerprint density at radius 1 is 1.25 bits per heavy atom. The van der Waals surface area contributed by atoms with Crippen LogP contribution in [0.1, 0.15) is 18.4 Å². The first-order chi connectivity index (χ1) is 5.60. The summed E-state index contributed by atoms with van der Waals surface area (Å²) in [4.78, 5) is 3.80. The van der Waals surface area contributed by atoms with Crippen molar-refractivity contribution in [2.75, 3.05) is 0 Å². The summed E-state index contributed by atoms with van der Waals surface area (Å²) in [6.07, 6.45) is 1.56. The van der Waals surface area contributed by atoms with Gasteiger partial charge in [-0.15, -0.1) is 0 Å². The van der Waals surface area contributed by atoms with E-state index < -0.39 is 5.60 Å². The minimum atomic E-state index is -0.684. The van der Waals surface area contributed by atoms with Gasteiger partial charge in [0, 0.05) is 0 Å². The van der Waals surface area contributed by atoms with Gasteiger partial charge in [0.25, 0.3) is 0 Å². The van der Waals surface area contributed by atoms with Gasteiger partial charge in [0.1, 0.15) is 10.3 Å². The lowest BCUT2D eigenvalue weighted by Gasteiger charge is -2.07. The molecule has 64 valence electrons. The van der Waals surface area contributed by atoms with E-state index >= 15 is 0 Å². The number of halogens is 2. The molecule has 1 N–H and O–H groups in total. The number of pyridine rings is 1. The first-order valence-corrected chi connectivity index (χ1v) is 4.42. The Morgan fingerprint density at radius 3 is 2.17 bits per heavy atom. The lowest BCUT2D eigenvalue weighted by atomic mass is 10.1. The van der Waals surface area contributed by atoms with Crippen LogP contribution in [0.4, 0.5) is 0 Å². The Bertz CT molecular complexity index is 303. The maximum Gasteiger partial charge on any atom is 0.131 e. The zero-order valence-electron chi connectivity index (χ0n) is 6.22. The fourth-order valence-corrected chi connectivity index (χ4v) is 1.60. The Labute approximate surface area is 80.1 Å². The van der Waals surface area contributed by atoms with Gasteiger partial charge in [-0.1, -0.05) is 23.2 Å². The van der Waals surface area contributed by atoms with Crippen molar-refractivity contribution < 1.29 is 5.11 Å². The van der Waals surface area contributed by atoms with E-state index in [9.17, 15) is 5.11 Å². The van der Waals surface area contributed by atoms with Crippen LogP contribution in [-0.2, 0) is 5.60 Å². The number of hydrogen-bond acceptors (Lipinski definition) is 2. The van der Waals surface area contributed by atoms with Crippen LogP contribution in [0.3, 0.4) is 0 Å². The number of rotatable bonds is 1. The van der Waals surface area contributed by atoms with Crippen molar-refractivity contribution in [3.63, 3.8) is 0 Å². The molecule has 12 heavy (non-hydrogen) atoms. The molecule has 1 aromatic heterocycles. The molecule has 1 fully saturated rings. The third-order valence-electron chi connectivity index (χ3n) is 2.02. The van der Waals surface area contributed by atoms with Crippen molar-refractivity contribution in [1.29, 1.82) is 0 Å². The Hall–Kier alpha value is -0.310. The lowest BCUT2D eigenvalue weighted by molar-refractivity contribution is 0.151. The van der Waals surface area contributed by atoms with Crippen LogP contribution in [0.15, 0.2) is 12.1 Å². The van der Waals surface area contributed by atoms with E-state index in [1.54, 1.807) is 12.1 Å². The van der Waals surface area contributed by atoms with Gasteiger partial charge < -0.3 is 5.11 Å². The second-order valence-corrected chi connectivity index (χ2v) is 3.81. The molecule has 0 spiro atoms. The fourth-order valence-electron chi connectivity index (χ4n) is 1.14. The quantitative estimate of drug-likeness (QED) is 0.712.